The summed E-state index contributed by atoms with van der Waals surface area (Å²) in [6.07, 6.45) is 1.93. The van der Waals surface area contributed by atoms with E-state index < -0.39 is 0 Å². The molecule has 0 radical (unpaired) electrons. The Bertz CT molecular complexity index is 837. The van der Waals surface area contributed by atoms with Gasteiger partial charge in [0.2, 0.25) is 0 Å². The Hall–Kier alpha value is -2.35. The van der Waals surface area contributed by atoms with E-state index in [9.17, 15) is 0 Å². The number of aromatic nitrogens is 2. The molecule has 0 fully saturated rings. The van der Waals surface area contributed by atoms with Crippen molar-refractivity contribution in [2.75, 3.05) is 0 Å². The predicted octanol–water partition coefficient (Wildman–Crippen LogP) is 3.64. The van der Waals surface area contributed by atoms with E-state index in [0.29, 0.717) is 0 Å². The molecule has 2 aromatic heterocycles. The van der Waals surface area contributed by atoms with Gasteiger partial charge in [0.1, 0.15) is 5.65 Å². The molecule has 0 spiro atoms. The maximum atomic E-state index is 4.51. The lowest BCUT2D eigenvalue weighted by atomic mass is 10.2. The van der Waals surface area contributed by atoms with Crippen LogP contribution in [0.1, 0.15) is 0 Å². The lowest BCUT2D eigenvalue weighted by Crippen LogP contribution is -1.89. The van der Waals surface area contributed by atoms with Crippen molar-refractivity contribution in [3.05, 3.63) is 60.8 Å². The minimum atomic E-state index is 1.00. The van der Waals surface area contributed by atoms with E-state index in [1.165, 1.54) is 21.8 Å². The first-order chi connectivity index (χ1) is 8.43. The number of hydrogen-bond donors (Lipinski definition) is 0. The standard InChI is InChI=1S/C15H10N2/c1-3-7-13-11(5-1)9-15-16-10-12-6-2-4-8-14(12)17(13)15/h1-10H. The lowest BCUT2D eigenvalue weighted by Gasteiger charge is -2.02. The van der Waals surface area contributed by atoms with Crippen LogP contribution in [0.5, 0.6) is 0 Å². The number of rotatable bonds is 0. The Morgan fingerprint density at radius 1 is 0.765 bits per heavy atom. The smallest absolute Gasteiger partial charge is 0.138 e. The maximum absolute atomic E-state index is 4.51. The Morgan fingerprint density at radius 2 is 1.41 bits per heavy atom. The lowest BCUT2D eigenvalue weighted by molar-refractivity contribution is 1.24. The molecular formula is C15H10N2. The Kier molecular flexibility index (Phi) is 1.59. The van der Waals surface area contributed by atoms with Crippen molar-refractivity contribution in [1.82, 2.24) is 9.38 Å². The van der Waals surface area contributed by atoms with Gasteiger partial charge in [-0.3, -0.25) is 4.40 Å². The largest absolute Gasteiger partial charge is 0.294 e. The molecule has 2 nitrogen and oxygen atoms in total. The first-order valence-electron chi connectivity index (χ1n) is 5.67. The topological polar surface area (TPSA) is 17.3 Å². The normalized spacial score (nSPS) is 11.5. The fraction of sp³-hybridized carbons (Fsp3) is 0. The highest BCUT2D eigenvalue weighted by molar-refractivity contribution is 5.92. The van der Waals surface area contributed by atoms with Crippen molar-refractivity contribution >= 4 is 27.5 Å². The zero-order valence-corrected chi connectivity index (χ0v) is 9.17. The van der Waals surface area contributed by atoms with Gasteiger partial charge < -0.3 is 0 Å². The molecule has 0 bridgehead atoms. The van der Waals surface area contributed by atoms with Crippen molar-refractivity contribution in [1.29, 1.82) is 0 Å². The van der Waals surface area contributed by atoms with Crippen molar-refractivity contribution in [2.24, 2.45) is 0 Å². The van der Waals surface area contributed by atoms with Gasteiger partial charge in [-0.25, -0.2) is 4.98 Å². The van der Waals surface area contributed by atoms with E-state index in [1.54, 1.807) is 0 Å². The van der Waals surface area contributed by atoms with Crippen LogP contribution in [-0.2, 0) is 0 Å². The summed E-state index contributed by atoms with van der Waals surface area (Å²) < 4.78 is 2.21. The van der Waals surface area contributed by atoms with Crippen LogP contribution in [0.2, 0.25) is 0 Å². The molecule has 80 valence electrons. The molecular weight excluding hydrogens is 208 g/mol. The third kappa shape index (κ3) is 1.12. The fourth-order valence-electron chi connectivity index (χ4n) is 2.42. The minimum Gasteiger partial charge on any atom is -0.294 e. The first-order valence-corrected chi connectivity index (χ1v) is 5.67. The van der Waals surface area contributed by atoms with Gasteiger partial charge in [-0.15, -0.1) is 0 Å². The van der Waals surface area contributed by atoms with E-state index in [1.807, 2.05) is 12.3 Å². The van der Waals surface area contributed by atoms with E-state index in [0.717, 1.165) is 5.65 Å². The number of para-hydroxylation sites is 2. The van der Waals surface area contributed by atoms with Gasteiger partial charge in [-0.1, -0.05) is 36.4 Å². The molecule has 0 atom stereocenters. The first kappa shape index (κ1) is 8.76. The molecule has 2 heterocycles. The molecule has 0 aliphatic heterocycles. The molecule has 4 rings (SSSR count). The van der Waals surface area contributed by atoms with Crippen molar-refractivity contribution < 1.29 is 0 Å². The van der Waals surface area contributed by atoms with Crippen molar-refractivity contribution in [3.8, 4) is 0 Å². The molecule has 2 heteroatoms. The molecule has 0 unspecified atom stereocenters. The third-order valence-corrected chi connectivity index (χ3v) is 3.20. The highest BCUT2D eigenvalue weighted by Gasteiger charge is 2.05. The van der Waals surface area contributed by atoms with Gasteiger partial charge in [0.25, 0.3) is 0 Å². The van der Waals surface area contributed by atoms with Gasteiger partial charge in [0, 0.05) is 17.0 Å². The Labute approximate surface area is 98.1 Å². The minimum absolute atomic E-state index is 1.00. The number of nitrogens with zero attached hydrogens (tertiary/aromatic N) is 2. The molecule has 4 aromatic rings. The molecule has 0 saturated heterocycles. The average Bonchev–Trinajstić information content (AvgIpc) is 2.77. The van der Waals surface area contributed by atoms with Gasteiger partial charge in [0.15, 0.2) is 0 Å². The second-order valence-electron chi connectivity index (χ2n) is 4.21. The third-order valence-electron chi connectivity index (χ3n) is 3.20. The molecule has 0 saturated carbocycles. The quantitative estimate of drug-likeness (QED) is 0.440. The van der Waals surface area contributed by atoms with E-state index in [4.69, 9.17) is 0 Å². The van der Waals surface area contributed by atoms with Crippen molar-refractivity contribution in [3.63, 3.8) is 0 Å². The predicted molar refractivity (Wildman–Crippen MR) is 70.2 cm³/mol. The van der Waals surface area contributed by atoms with Gasteiger partial charge in [-0.2, -0.15) is 0 Å². The zero-order chi connectivity index (χ0) is 11.2. The second kappa shape index (κ2) is 3.08. The van der Waals surface area contributed by atoms with E-state index >= 15 is 0 Å². The summed E-state index contributed by atoms with van der Waals surface area (Å²) in [5, 5.41) is 2.40. The van der Waals surface area contributed by atoms with Gasteiger partial charge >= 0.3 is 0 Å². The molecule has 17 heavy (non-hydrogen) atoms. The number of fused-ring (bicyclic) bond motifs is 5. The number of benzene rings is 2. The monoisotopic (exact) mass is 218 g/mol. The summed E-state index contributed by atoms with van der Waals surface area (Å²) in [5.74, 6) is 0. The second-order valence-corrected chi connectivity index (χ2v) is 4.21. The van der Waals surface area contributed by atoms with Crippen LogP contribution >= 0.6 is 0 Å². The molecule has 0 aliphatic carbocycles. The summed E-state index contributed by atoms with van der Waals surface area (Å²) in [6, 6.07) is 18.8. The Morgan fingerprint density at radius 3 is 2.24 bits per heavy atom. The number of hydrogen-bond acceptors (Lipinski definition) is 1. The molecule has 0 aliphatic rings. The zero-order valence-electron chi connectivity index (χ0n) is 9.17. The fourth-order valence-corrected chi connectivity index (χ4v) is 2.42. The highest BCUT2D eigenvalue weighted by atomic mass is 15.0. The Balaban J connectivity index is 2.38. The summed E-state index contributed by atoms with van der Waals surface area (Å²) in [4.78, 5) is 4.51. The molecule has 0 N–H and O–H groups in total. The summed E-state index contributed by atoms with van der Waals surface area (Å²) in [6.45, 7) is 0. The van der Waals surface area contributed by atoms with Crippen LogP contribution in [0.3, 0.4) is 0 Å². The van der Waals surface area contributed by atoms with Crippen LogP contribution in [-0.4, -0.2) is 9.38 Å². The van der Waals surface area contributed by atoms with E-state index in [-0.39, 0.29) is 0 Å². The maximum Gasteiger partial charge on any atom is 0.138 e. The van der Waals surface area contributed by atoms with Crippen LogP contribution in [0.4, 0.5) is 0 Å². The SMILES string of the molecule is c1ccc2c(c1)cnc1cc3ccccc3n12. The molecule has 0 amide bonds. The average molecular weight is 218 g/mol. The highest BCUT2D eigenvalue weighted by Crippen LogP contribution is 2.23. The summed E-state index contributed by atoms with van der Waals surface area (Å²) in [7, 11) is 0. The van der Waals surface area contributed by atoms with Gasteiger partial charge in [-0.05, 0) is 18.2 Å². The van der Waals surface area contributed by atoms with Crippen LogP contribution < -0.4 is 0 Å². The summed E-state index contributed by atoms with van der Waals surface area (Å²) >= 11 is 0. The summed E-state index contributed by atoms with van der Waals surface area (Å²) in [5.41, 5.74) is 3.43. The molecule has 2 aromatic carbocycles. The van der Waals surface area contributed by atoms with Crippen LogP contribution in [0.15, 0.2) is 60.8 Å². The van der Waals surface area contributed by atoms with Crippen LogP contribution in [0.25, 0.3) is 27.5 Å². The van der Waals surface area contributed by atoms with Crippen LogP contribution in [0, 0.1) is 0 Å². The van der Waals surface area contributed by atoms with Crippen molar-refractivity contribution in [2.45, 2.75) is 0 Å². The van der Waals surface area contributed by atoms with E-state index in [2.05, 4.69) is 57.9 Å². The van der Waals surface area contributed by atoms with Gasteiger partial charge in [0.05, 0.1) is 11.0 Å².